The Labute approximate surface area is 101 Å². The molecule has 0 radical (unpaired) electrons. The molecule has 98 valence electrons. The Hall–Kier alpha value is -1.59. The van der Waals surface area contributed by atoms with Crippen LogP contribution < -0.4 is 5.32 Å². The maximum atomic E-state index is 11.5. The second-order valence-electron chi connectivity index (χ2n) is 4.72. The van der Waals surface area contributed by atoms with Gasteiger partial charge in [-0.3, -0.25) is 5.41 Å². The van der Waals surface area contributed by atoms with Crippen LogP contribution in [0.15, 0.2) is 0 Å². The highest BCUT2D eigenvalue weighted by Gasteiger charge is 2.21. The van der Waals surface area contributed by atoms with E-state index in [2.05, 4.69) is 10.1 Å². The number of hydrogen-bond donors (Lipinski definition) is 2. The molecule has 0 aliphatic rings. The first kappa shape index (κ1) is 15.4. The number of rotatable bonds is 4. The summed E-state index contributed by atoms with van der Waals surface area (Å²) in [6, 6.07) is -0.359. The molecule has 2 N–H and O–H groups in total. The Kier molecular flexibility index (Phi) is 5.64. The second kappa shape index (κ2) is 6.22. The maximum absolute atomic E-state index is 11.5. The molecule has 0 unspecified atom stereocenters. The molecule has 0 heterocycles. The van der Waals surface area contributed by atoms with Gasteiger partial charge < -0.3 is 14.8 Å². The van der Waals surface area contributed by atoms with E-state index in [4.69, 9.17) is 10.1 Å². The van der Waals surface area contributed by atoms with Crippen LogP contribution in [-0.2, 0) is 14.3 Å². The van der Waals surface area contributed by atoms with Gasteiger partial charge in [0, 0.05) is 12.5 Å². The lowest BCUT2D eigenvalue weighted by molar-refractivity contribution is -0.146. The molecule has 0 spiro atoms. The Bertz CT molecular complexity index is 307. The third-order valence-corrected chi connectivity index (χ3v) is 1.71. The fraction of sp³-hybridized carbons (Fsp3) is 0.727. The minimum atomic E-state index is -0.670. The summed E-state index contributed by atoms with van der Waals surface area (Å²) in [6.45, 7) is 6.87. The molecule has 6 heteroatoms. The Morgan fingerprint density at radius 3 is 2.29 bits per heavy atom. The van der Waals surface area contributed by atoms with Crippen LogP contribution in [-0.4, -0.2) is 36.5 Å². The van der Waals surface area contributed by atoms with Crippen molar-refractivity contribution in [2.45, 2.75) is 45.8 Å². The summed E-state index contributed by atoms with van der Waals surface area (Å²) in [5, 5.41) is 10.0. The highest BCUT2D eigenvalue weighted by molar-refractivity contribution is 6.35. The zero-order valence-electron chi connectivity index (χ0n) is 10.9. The van der Waals surface area contributed by atoms with Gasteiger partial charge >= 0.3 is 12.1 Å². The monoisotopic (exact) mass is 244 g/mol. The first-order chi connectivity index (χ1) is 7.65. The van der Waals surface area contributed by atoms with Crippen molar-refractivity contribution >= 4 is 17.8 Å². The van der Waals surface area contributed by atoms with Gasteiger partial charge in [0.1, 0.15) is 11.3 Å². The van der Waals surface area contributed by atoms with Crippen LogP contribution in [0.3, 0.4) is 0 Å². The predicted octanol–water partition coefficient (Wildman–Crippen LogP) is 1.48. The van der Waals surface area contributed by atoms with Crippen LogP contribution in [0.25, 0.3) is 0 Å². The van der Waals surface area contributed by atoms with Crippen molar-refractivity contribution in [2.75, 3.05) is 7.11 Å². The van der Waals surface area contributed by atoms with Gasteiger partial charge in [0.05, 0.1) is 7.11 Å². The number of methoxy groups -OCH3 is 1. The van der Waals surface area contributed by atoms with Gasteiger partial charge in [-0.1, -0.05) is 0 Å². The molecule has 0 saturated carbocycles. The normalized spacial score (nSPS) is 12.5. The zero-order chi connectivity index (χ0) is 13.6. The van der Waals surface area contributed by atoms with Crippen molar-refractivity contribution in [3.8, 4) is 0 Å². The highest BCUT2D eigenvalue weighted by Crippen LogP contribution is 2.08. The lowest BCUT2D eigenvalue weighted by Gasteiger charge is -2.20. The Morgan fingerprint density at radius 2 is 1.88 bits per heavy atom. The molecule has 0 aromatic heterocycles. The molecule has 0 aliphatic heterocycles. The van der Waals surface area contributed by atoms with Crippen LogP contribution in [0.2, 0.25) is 0 Å². The number of nitrogens with one attached hydrogen (secondary N) is 2. The SMILES string of the molecule is COC(=O)N[C@@H](C)CC(=N)C(=O)OC(C)(C)C. The lowest BCUT2D eigenvalue weighted by Crippen LogP contribution is -2.37. The topological polar surface area (TPSA) is 88.5 Å². The third-order valence-electron chi connectivity index (χ3n) is 1.71. The van der Waals surface area contributed by atoms with E-state index in [0.717, 1.165) is 0 Å². The predicted molar refractivity (Wildman–Crippen MR) is 63.2 cm³/mol. The summed E-state index contributed by atoms with van der Waals surface area (Å²) in [6.07, 6.45) is -0.487. The summed E-state index contributed by atoms with van der Waals surface area (Å²) in [4.78, 5) is 22.3. The summed E-state index contributed by atoms with van der Waals surface area (Å²) in [5.41, 5.74) is -0.800. The number of alkyl carbamates (subject to hydrolysis) is 1. The fourth-order valence-electron chi connectivity index (χ4n) is 1.04. The summed E-state index contributed by atoms with van der Waals surface area (Å²) in [5.74, 6) is -0.670. The minimum absolute atomic E-state index is 0.101. The summed E-state index contributed by atoms with van der Waals surface area (Å²) in [7, 11) is 1.25. The maximum Gasteiger partial charge on any atom is 0.407 e. The van der Waals surface area contributed by atoms with Crippen molar-refractivity contribution in [1.82, 2.24) is 5.32 Å². The summed E-state index contributed by atoms with van der Waals surface area (Å²) < 4.78 is 9.43. The molecule has 0 rings (SSSR count). The Morgan fingerprint density at radius 1 is 1.35 bits per heavy atom. The largest absolute Gasteiger partial charge is 0.456 e. The van der Waals surface area contributed by atoms with E-state index in [1.54, 1.807) is 27.7 Å². The molecule has 0 aliphatic carbocycles. The van der Waals surface area contributed by atoms with Gasteiger partial charge in [-0.15, -0.1) is 0 Å². The van der Waals surface area contributed by atoms with Crippen LogP contribution >= 0.6 is 0 Å². The van der Waals surface area contributed by atoms with E-state index in [1.807, 2.05) is 0 Å². The van der Waals surface area contributed by atoms with Crippen molar-refractivity contribution in [3.63, 3.8) is 0 Å². The van der Waals surface area contributed by atoms with Crippen LogP contribution in [0.5, 0.6) is 0 Å². The molecule has 1 amide bonds. The molecular formula is C11H20N2O4. The quantitative estimate of drug-likeness (QED) is 0.579. The van der Waals surface area contributed by atoms with Crippen molar-refractivity contribution in [2.24, 2.45) is 0 Å². The smallest absolute Gasteiger partial charge is 0.407 e. The number of hydrogen-bond acceptors (Lipinski definition) is 5. The molecule has 0 aromatic carbocycles. The first-order valence-electron chi connectivity index (χ1n) is 5.31. The highest BCUT2D eigenvalue weighted by atomic mass is 16.6. The van der Waals surface area contributed by atoms with Gasteiger partial charge in [-0.2, -0.15) is 0 Å². The number of carbonyl (C=O) groups is 2. The lowest BCUT2D eigenvalue weighted by atomic mass is 10.1. The van der Waals surface area contributed by atoms with E-state index >= 15 is 0 Å². The Balaban J connectivity index is 4.17. The summed E-state index contributed by atoms with van der Waals surface area (Å²) >= 11 is 0. The van der Waals surface area contributed by atoms with E-state index in [9.17, 15) is 9.59 Å². The van der Waals surface area contributed by atoms with Gasteiger partial charge in [0.25, 0.3) is 0 Å². The standard InChI is InChI=1S/C11H20N2O4/c1-7(13-10(15)16-5)6-8(12)9(14)17-11(2,3)4/h7,12H,6H2,1-5H3,(H,13,15)/t7-/m0/s1. The molecule has 6 nitrogen and oxygen atoms in total. The average molecular weight is 244 g/mol. The van der Waals surface area contributed by atoms with Crippen molar-refractivity contribution in [3.05, 3.63) is 0 Å². The fourth-order valence-corrected chi connectivity index (χ4v) is 1.04. The van der Waals surface area contributed by atoms with E-state index in [-0.39, 0.29) is 18.2 Å². The van der Waals surface area contributed by atoms with E-state index < -0.39 is 17.7 Å². The minimum Gasteiger partial charge on any atom is -0.456 e. The van der Waals surface area contributed by atoms with Gasteiger partial charge in [-0.25, -0.2) is 9.59 Å². The van der Waals surface area contributed by atoms with Gasteiger partial charge in [-0.05, 0) is 27.7 Å². The number of esters is 1. The van der Waals surface area contributed by atoms with Gasteiger partial charge in [0.2, 0.25) is 0 Å². The molecule has 0 saturated heterocycles. The number of carbonyl (C=O) groups excluding carboxylic acids is 2. The third kappa shape index (κ3) is 7.32. The molecule has 17 heavy (non-hydrogen) atoms. The molecule has 0 bridgehead atoms. The molecule has 0 aromatic rings. The van der Waals surface area contributed by atoms with Crippen LogP contribution in [0, 0.1) is 5.41 Å². The average Bonchev–Trinajstić information content (AvgIpc) is 2.14. The van der Waals surface area contributed by atoms with Gasteiger partial charge in [0.15, 0.2) is 0 Å². The van der Waals surface area contributed by atoms with E-state index in [0.29, 0.717) is 0 Å². The zero-order valence-corrected chi connectivity index (χ0v) is 10.9. The van der Waals surface area contributed by atoms with Crippen molar-refractivity contribution < 1.29 is 19.1 Å². The van der Waals surface area contributed by atoms with Crippen LogP contribution in [0.4, 0.5) is 4.79 Å². The number of ether oxygens (including phenoxy) is 2. The number of amides is 1. The van der Waals surface area contributed by atoms with Crippen LogP contribution in [0.1, 0.15) is 34.1 Å². The van der Waals surface area contributed by atoms with Crippen molar-refractivity contribution in [1.29, 1.82) is 5.41 Å². The molecule has 0 fully saturated rings. The molecular weight excluding hydrogens is 224 g/mol. The second-order valence-corrected chi connectivity index (χ2v) is 4.72. The molecule has 1 atom stereocenters. The van der Waals surface area contributed by atoms with E-state index in [1.165, 1.54) is 7.11 Å². The first-order valence-corrected chi connectivity index (χ1v) is 5.31.